The molecule has 3 amide bonds. The minimum atomic E-state index is -0.994. The molecule has 0 aliphatic carbocycles. The molecule has 0 bridgehead atoms. The Morgan fingerprint density at radius 2 is 1.66 bits per heavy atom. The Kier molecular flexibility index (Phi) is 7.10. The van der Waals surface area contributed by atoms with Crippen molar-refractivity contribution >= 4 is 23.8 Å². The Balaban J connectivity index is 3.35. The molecule has 1 aliphatic heterocycles. The van der Waals surface area contributed by atoms with Gasteiger partial charge < -0.3 is 20.2 Å². The van der Waals surface area contributed by atoms with Crippen molar-refractivity contribution in [2.75, 3.05) is 13.2 Å². The lowest BCUT2D eigenvalue weighted by Gasteiger charge is -2.32. The van der Waals surface area contributed by atoms with E-state index in [1.54, 1.807) is 62.3 Å². The predicted molar refractivity (Wildman–Crippen MR) is 110 cm³/mol. The molecule has 0 aromatic rings. The molecule has 1 rings (SSSR count). The fraction of sp³-hybridized carbons (Fsp3) is 0.700. The molecule has 9 heteroatoms. The molecule has 0 spiro atoms. The summed E-state index contributed by atoms with van der Waals surface area (Å²) >= 11 is 0. The van der Waals surface area contributed by atoms with Crippen molar-refractivity contribution in [3.05, 3.63) is 11.4 Å². The second-order valence-corrected chi connectivity index (χ2v) is 9.40. The summed E-state index contributed by atoms with van der Waals surface area (Å²) in [4.78, 5) is 38.6. The van der Waals surface area contributed by atoms with E-state index >= 15 is 0 Å². The topological polar surface area (TPSA) is 121 Å². The maximum absolute atomic E-state index is 12.7. The molecule has 1 heterocycles. The summed E-state index contributed by atoms with van der Waals surface area (Å²) < 4.78 is 10.4. The zero-order chi connectivity index (χ0) is 22.8. The first-order valence-electron chi connectivity index (χ1n) is 9.59. The number of hydrogen-bond donors (Lipinski definition) is 3. The Hall–Kier alpha value is -2.58. The van der Waals surface area contributed by atoms with Crippen LogP contribution in [0.3, 0.4) is 0 Å². The van der Waals surface area contributed by atoms with Crippen LogP contribution < -0.4 is 10.6 Å². The van der Waals surface area contributed by atoms with Gasteiger partial charge in [-0.1, -0.05) is 20.8 Å². The third-order valence-electron chi connectivity index (χ3n) is 4.24. The van der Waals surface area contributed by atoms with Crippen LogP contribution in [0.4, 0.5) is 9.59 Å². The van der Waals surface area contributed by atoms with Crippen LogP contribution >= 0.6 is 0 Å². The summed E-state index contributed by atoms with van der Waals surface area (Å²) in [6.45, 7) is 15.7. The van der Waals surface area contributed by atoms with E-state index in [1.165, 1.54) is 4.90 Å². The first-order valence-corrected chi connectivity index (χ1v) is 9.59. The van der Waals surface area contributed by atoms with Crippen molar-refractivity contribution in [3.63, 3.8) is 0 Å². The Morgan fingerprint density at radius 1 is 1.10 bits per heavy atom. The van der Waals surface area contributed by atoms with Gasteiger partial charge in [-0.05, 0) is 41.5 Å². The second-order valence-electron chi connectivity index (χ2n) is 9.40. The first-order chi connectivity index (χ1) is 13.0. The van der Waals surface area contributed by atoms with Gasteiger partial charge in [-0.3, -0.25) is 15.0 Å². The number of amides is 3. The summed E-state index contributed by atoms with van der Waals surface area (Å²) in [5.41, 5.74) is -2.03. The van der Waals surface area contributed by atoms with Gasteiger partial charge in [-0.25, -0.2) is 9.59 Å². The van der Waals surface area contributed by atoms with Crippen LogP contribution in [0.1, 0.15) is 62.3 Å². The van der Waals surface area contributed by atoms with Crippen LogP contribution in [0.5, 0.6) is 0 Å². The van der Waals surface area contributed by atoms with Crippen LogP contribution in [-0.2, 0) is 14.3 Å². The van der Waals surface area contributed by atoms with E-state index in [0.717, 1.165) is 0 Å². The number of rotatable bonds is 3. The molecule has 0 radical (unpaired) electrons. The zero-order valence-corrected chi connectivity index (χ0v) is 18.9. The standard InChI is InChI=1S/C20H34N4O5/c1-10-28-16(26)23-14(22-15(25)18(2,3)4)12-11-24(20(8,9)13(12)21)17(27)29-19(5,6)7/h21H,10-11H2,1-9H3,(H,22,25)(H,23,26)/b14-12-,21-13?. The van der Waals surface area contributed by atoms with Gasteiger partial charge in [0, 0.05) is 11.0 Å². The van der Waals surface area contributed by atoms with E-state index in [-0.39, 0.29) is 30.6 Å². The number of ether oxygens (including phenoxy) is 2. The van der Waals surface area contributed by atoms with Crippen LogP contribution in [0, 0.1) is 10.8 Å². The molecular weight excluding hydrogens is 376 g/mol. The first kappa shape index (κ1) is 24.5. The van der Waals surface area contributed by atoms with Crippen molar-refractivity contribution in [2.24, 2.45) is 5.41 Å². The molecule has 164 valence electrons. The summed E-state index contributed by atoms with van der Waals surface area (Å²) in [6, 6.07) is 0. The van der Waals surface area contributed by atoms with Gasteiger partial charge in [0.05, 0.1) is 24.4 Å². The largest absolute Gasteiger partial charge is 0.450 e. The maximum Gasteiger partial charge on any atom is 0.412 e. The van der Waals surface area contributed by atoms with Gasteiger partial charge in [0.15, 0.2) is 0 Å². The van der Waals surface area contributed by atoms with Crippen LogP contribution in [0.15, 0.2) is 11.4 Å². The lowest BCUT2D eigenvalue weighted by atomic mass is 9.95. The van der Waals surface area contributed by atoms with Crippen molar-refractivity contribution in [2.45, 2.75) is 73.5 Å². The summed E-state index contributed by atoms with van der Waals surface area (Å²) in [5.74, 6) is -0.314. The van der Waals surface area contributed by atoms with Crippen molar-refractivity contribution in [1.29, 1.82) is 5.41 Å². The van der Waals surface area contributed by atoms with Crippen molar-refractivity contribution in [1.82, 2.24) is 15.5 Å². The minimum absolute atomic E-state index is 0.00704. The van der Waals surface area contributed by atoms with E-state index in [1.807, 2.05) is 0 Å². The number of nitrogens with zero attached hydrogens (tertiary/aromatic N) is 1. The second kappa shape index (κ2) is 8.42. The van der Waals surface area contributed by atoms with E-state index < -0.39 is 28.7 Å². The monoisotopic (exact) mass is 410 g/mol. The molecule has 0 atom stereocenters. The Labute approximate surface area is 172 Å². The average molecular weight is 411 g/mol. The van der Waals surface area contributed by atoms with Gasteiger partial charge in [0.2, 0.25) is 5.91 Å². The molecule has 1 saturated heterocycles. The number of carbonyl (C=O) groups is 3. The number of carbonyl (C=O) groups excluding carboxylic acids is 3. The molecule has 3 N–H and O–H groups in total. The predicted octanol–water partition coefficient (Wildman–Crippen LogP) is 3.16. The molecule has 1 aliphatic rings. The molecule has 1 fully saturated rings. The number of likely N-dealkylation sites (tertiary alicyclic amines) is 1. The van der Waals surface area contributed by atoms with Crippen LogP contribution in [0.2, 0.25) is 0 Å². The number of nitrogens with one attached hydrogen (secondary N) is 3. The maximum atomic E-state index is 12.7. The molecule has 29 heavy (non-hydrogen) atoms. The summed E-state index contributed by atoms with van der Waals surface area (Å²) in [7, 11) is 0. The van der Waals surface area contributed by atoms with E-state index in [4.69, 9.17) is 14.9 Å². The van der Waals surface area contributed by atoms with Crippen molar-refractivity contribution < 1.29 is 23.9 Å². The van der Waals surface area contributed by atoms with Crippen LogP contribution in [-0.4, -0.2) is 53.0 Å². The molecule has 0 aromatic heterocycles. The van der Waals surface area contributed by atoms with Gasteiger partial charge in [-0.2, -0.15) is 0 Å². The van der Waals surface area contributed by atoms with Gasteiger partial charge in [-0.15, -0.1) is 0 Å². The smallest absolute Gasteiger partial charge is 0.412 e. The fourth-order valence-electron chi connectivity index (χ4n) is 2.51. The Morgan fingerprint density at radius 3 is 2.10 bits per heavy atom. The Bertz CT molecular complexity index is 726. The highest BCUT2D eigenvalue weighted by molar-refractivity contribution is 6.10. The summed E-state index contributed by atoms with van der Waals surface area (Å²) in [5, 5.41) is 13.8. The minimum Gasteiger partial charge on any atom is -0.450 e. The highest BCUT2D eigenvalue weighted by Crippen LogP contribution is 2.32. The van der Waals surface area contributed by atoms with Crippen molar-refractivity contribution in [3.8, 4) is 0 Å². The van der Waals surface area contributed by atoms with Gasteiger partial charge in [0.25, 0.3) is 0 Å². The van der Waals surface area contributed by atoms with Crippen LogP contribution in [0.25, 0.3) is 0 Å². The number of hydrogen-bond acceptors (Lipinski definition) is 6. The quantitative estimate of drug-likeness (QED) is 0.660. The normalized spacial score (nSPS) is 18.2. The van der Waals surface area contributed by atoms with E-state index in [0.29, 0.717) is 5.57 Å². The van der Waals surface area contributed by atoms with E-state index in [9.17, 15) is 14.4 Å². The highest BCUT2D eigenvalue weighted by Gasteiger charge is 2.46. The third-order valence-corrected chi connectivity index (χ3v) is 4.24. The molecular formula is C20H34N4O5. The van der Waals surface area contributed by atoms with Gasteiger partial charge in [0.1, 0.15) is 11.4 Å². The summed E-state index contributed by atoms with van der Waals surface area (Å²) in [6.07, 6.45) is -1.34. The average Bonchev–Trinajstić information content (AvgIpc) is 2.75. The third kappa shape index (κ3) is 6.20. The SMILES string of the molecule is CCOC(=O)N/C(NC(=O)C(C)(C)C)=C1/CN(C(=O)OC(C)(C)C)C(C)(C)C1=N. The zero-order valence-electron chi connectivity index (χ0n) is 18.9. The molecule has 0 saturated carbocycles. The highest BCUT2D eigenvalue weighted by atomic mass is 16.6. The lowest BCUT2D eigenvalue weighted by Crippen LogP contribution is -2.48. The lowest BCUT2D eigenvalue weighted by molar-refractivity contribution is -0.127. The molecule has 0 unspecified atom stereocenters. The van der Waals surface area contributed by atoms with E-state index in [2.05, 4.69) is 10.6 Å². The number of alkyl carbamates (subject to hydrolysis) is 1. The fourth-order valence-corrected chi connectivity index (χ4v) is 2.51. The molecule has 0 aromatic carbocycles. The molecule has 9 nitrogen and oxygen atoms in total. The van der Waals surface area contributed by atoms with Gasteiger partial charge >= 0.3 is 12.2 Å².